The topological polar surface area (TPSA) is 34.1 Å². The van der Waals surface area contributed by atoms with Crippen molar-refractivity contribution in [2.75, 3.05) is 0 Å². The first-order valence-electron chi connectivity index (χ1n) is 5.86. The molecule has 100 valence electrons. The first-order chi connectivity index (χ1) is 7.75. The first-order valence-corrected chi connectivity index (χ1v) is 5.86. The standard InChI is InChI=1S/C12H19F3O2/c1-4-7-9(16)8-10(17)11(5-2,6-3)12(13,14)15/h4-8H2,1-3H3. The van der Waals surface area contributed by atoms with E-state index in [0.29, 0.717) is 6.42 Å². The molecule has 0 rings (SSSR count). The molecular formula is C12H19F3O2. The zero-order valence-electron chi connectivity index (χ0n) is 10.5. The van der Waals surface area contributed by atoms with Gasteiger partial charge in [-0.3, -0.25) is 9.59 Å². The summed E-state index contributed by atoms with van der Waals surface area (Å²) in [4.78, 5) is 23.0. The Balaban J connectivity index is 4.97. The molecule has 0 aliphatic rings. The normalized spacial score (nSPS) is 12.6. The van der Waals surface area contributed by atoms with E-state index in [4.69, 9.17) is 0 Å². The SMILES string of the molecule is CCCC(=O)CC(=O)C(CC)(CC)C(F)(F)F. The van der Waals surface area contributed by atoms with E-state index in [9.17, 15) is 22.8 Å². The minimum absolute atomic E-state index is 0.160. The molecule has 5 heteroatoms. The first kappa shape index (κ1) is 16.1. The maximum absolute atomic E-state index is 12.9. The predicted octanol–water partition coefficient (Wildman–Crippen LogP) is 3.68. The Morgan fingerprint density at radius 2 is 1.47 bits per heavy atom. The maximum atomic E-state index is 12.9. The highest BCUT2D eigenvalue weighted by Crippen LogP contribution is 2.45. The average molecular weight is 252 g/mol. The molecule has 2 nitrogen and oxygen atoms in total. The van der Waals surface area contributed by atoms with Crippen molar-refractivity contribution in [1.82, 2.24) is 0 Å². The van der Waals surface area contributed by atoms with Gasteiger partial charge >= 0.3 is 6.18 Å². The van der Waals surface area contributed by atoms with Gasteiger partial charge in [0.15, 0.2) is 5.78 Å². The van der Waals surface area contributed by atoms with Crippen molar-refractivity contribution < 1.29 is 22.8 Å². The number of halogens is 3. The monoisotopic (exact) mass is 252 g/mol. The molecule has 0 aromatic heterocycles. The number of alkyl halides is 3. The van der Waals surface area contributed by atoms with Crippen LogP contribution in [0.3, 0.4) is 0 Å². The van der Waals surface area contributed by atoms with Crippen LogP contribution in [0, 0.1) is 5.41 Å². The Morgan fingerprint density at radius 1 is 1.00 bits per heavy atom. The molecule has 0 bridgehead atoms. The highest BCUT2D eigenvalue weighted by Gasteiger charge is 2.56. The molecule has 0 aromatic rings. The van der Waals surface area contributed by atoms with Crippen LogP contribution in [-0.4, -0.2) is 17.7 Å². The minimum atomic E-state index is -4.58. The van der Waals surface area contributed by atoms with Crippen LogP contribution in [0.25, 0.3) is 0 Å². The Morgan fingerprint density at radius 3 is 1.76 bits per heavy atom. The van der Waals surface area contributed by atoms with Gasteiger partial charge < -0.3 is 0 Å². The summed E-state index contributed by atoms with van der Waals surface area (Å²) in [6.07, 6.45) is -5.11. The highest BCUT2D eigenvalue weighted by atomic mass is 19.4. The number of Topliss-reactive ketones (excluding diaryl/α,β-unsaturated/α-hetero) is 2. The second-order valence-corrected chi connectivity index (χ2v) is 4.18. The van der Waals surface area contributed by atoms with Gasteiger partial charge in [-0.25, -0.2) is 0 Å². The molecule has 17 heavy (non-hydrogen) atoms. The summed E-state index contributed by atoms with van der Waals surface area (Å²) in [6.45, 7) is 4.41. The number of hydrogen-bond acceptors (Lipinski definition) is 2. The van der Waals surface area contributed by atoms with Gasteiger partial charge in [0.05, 0.1) is 6.42 Å². The lowest BCUT2D eigenvalue weighted by molar-refractivity contribution is -0.222. The lowest BCUT2D eigenvalue weighted by Crippen LogP contribution is -2.44. The zero-order valence-corrected chi connectivity index (χ0v) is 10.5. The van der Waals surface area contributed by atoms with E-state index in [2.05, 4.69) is 0 Å². The van der Waals surface area contributed by atoms with E-state index >= 15 is 0 Å². The van der Waals surface area contributed by atoms with Crippen LogP contribution in [0.1, 0.15) is 52.9 Å². The molecule has 0 amide bonds. The largest absolute Gasteiger partial charge is 0.401 e. The fourth-order valence-electron chi connectivity index (χ4n) is 1.92. The van der Waals surface area contributed by atoms with Crippen molar-refractivity contribution in [3.63, 3.8) is 0 Å². The number of hydrogen-bond donors (Lipinski definition) is 0. The Hall–Kier alpha value is -0.870. The Kier molecular flexibility index (Phi) is 5.85. The predicted molar refractivity (Wildman–Crippen MR) is 58.6 cm³/mol. The third kappa shape index (κ3) is 3.54. The van der Waals surface area contributed by atoms with Crippen molar-refractivity contribution in [3.05, 3.63) is 0 Å². The van der Waals surface area contributed by atoms with Gasteiger partial charge in [0.1, 0.15) is 11.2 Å². The third-order valence-electron chi connectivity index (χ3n) is 3.17. The molecule has 0 radical (unpaired) electrons. The summed E-state index contributed by atoms with van der Waals surface area (Å²) in [6, 6.07) is 0. The molecular weight excluding hydrogens is 233 g/mol. The average Bonchev–Trinajstić information content (AvgIpc) is 2.18. The summed E-state index contributed by atoms with van der Waals surface area (Å²) in [5.74, 6) is -1.40. The maximum Gasteiger partial charge on any atom is 0.401 e. The summed E-state index contributed by atoms with van der Waals surface area (Å²) >= 11 is 0. The van der Waals surface area contributed by atoms with Gasteiger partial charge in [-0.05, 0) is 19.3 Å². The molecule has 0 N–H and O–H groups in total. The number of carbonyl (C=O) groups is 2. The van der Waals surface area contributed by atoms with Crippen LogP contribution >= 0.6 is 0 Å². The van der Waals surface area contributed by atoms with Crippen LogP contribution in [0.15, 0.2) is 0 Å². The molecule has 0 aliphatic carbocycles. The molecule has 0 unspecified atom stereocenters. The fraction of sp³-hybridized carbons (Fsp3) is 0.833. The second kappa shape index (κ2) is 6.17. The van der Waals surface area contributed by atoms with Crippen molar-refractivity contribution in [2.24, 2.45) is 5.41 Å². The molecule has 0 spiro atoms. The fourth-order valence-corrected chi connectivity index (χ4v) is 1.92. The van der Waals surface area contributed by atoms with Crippen molar-refractivity contribution >= 4 is 11.6 Å². The van der Waals surface area contributed by atoms with E-state index in [0.717, 1.165) is 0 Å². The van der Waals surface area contributed by atoms with Crippen molar-refractivity contribution in [3.8, 4) is 0 Å². The van der Waals surface area contributed by atoms with E-state index < -0.39 is 29.6 Å². The van der Waals surface area contributed by atoms with Gasteiger partial charge in [0.25, 0.3) is 0 Å². The summed E-state index contributed by atoms with van der Waals surface area (Å²) in [5, 5.41) is 0. The molecule has 0 saturated heterocycles. The molecule has 0 heterocycles. The number of ketones is 2. The molecule has 0 fully saturated rings. The zero-order chi connectivity index (χ0) is 13.7. The van der Waals surface area contributed by atoms with E-state index in [1.54, 1.807) is 6.92 Å². The van der Waals surface area contributed by atoms with Crippen molar-refractivity contribution in [2.45, 2.75) is 59.1 Å². The second-order valence-electron chi connectivity index (χ2n) is 4.18. The van der Waals surface area contributed by atoms with Gasteiger partial charge in [-0.2, -0.15) is 13.2 Å². The van der Waals surface area contributed by atoms with Crippen LogP contribution in [0.4, 0.5) is 13.2 Å². The third-order valence-corrected chi connectivity index (χ3v) is 3.17. The van der Waals surface area contributed by atoms with E-state index in [1.165, 1.54) is 13.8 Å². The molecule has 0 atom stereocenters. The highest BCUT2D eigenvalue weighted by molar-refractivity contribution is 6.02. The lowest BCUT2D eigenvalue weighted by atomic mass is 9.75. The van der Waals surface area contributed by atoms with Gasteiger partial charge in [-0.15, -0.1) is 0 Å². The van der Waals surface area contributed by atoms with Crippen LogP contribution in [0.5, 0.6) is 0 Å². The molecule has 0 aromatic carbocycles. The van der Waals surface area contributed by atoms with Crippen molar-refractivity contribution in [1.29, 1.82) is 0 Å². The molecule has 0 saturated carbocycles. The van der Waals surface area contributed by atoms with Crippen LogP contribution < -0.4 is 0 Å². The lowest BCUT2D eigenvalue weighted by Gasteiger charge is -2.32. The molecule has 0 aliphatic heterocycles. The van der Waals surface area contributed by atoms with E-state index in [-0.39, 0.29) is 19.3 Å². The number of carbonyl (C=O) groups excluding carboxylic acids is 2. The quantitative estimate of drug-likeness (QED) is 0.648. The number of rotatable bonds is 7. The van der Waals surface area contributed by atoms with Gasteiger partial charge in [-0.1, -0.05) is 20.8 Å². The Bertz CT molecular complexity index is 278. The van der Waals surface area contributed by atoms with Crippen LogP contribution in [0.2, 0.25) is 0 Å². The summed E-state index contributed by atoms with van der Waals surface area (Å²) in [5.41, 5.74) is -2.35. The minimum Gasteiger partial charge on any atom is -0.299 e. The van der Waals surface area contributed by atoms with Gasteiger partial charge in [0.2, 0.25) is 0 Å². The van der Waals surface area contributed by atoms with E-state index in [1.807, 2.05) is 0 Å². The Labute approximate surface area is 99.6 Å². The smallest absolute Gasteiger partial charge is 0.299 e. The van der Waals surface area contributed by atoms with Gasteiger partial charge in [0, 0.05) is 6.42 Å². The van der Waals surface area contributed by atoms with Crippen LogP contribution in [-0.2, 0) is 9.59 Å². The summed E-state index contributed by atoms with van der Waals surface area (Å²) in [7, 11) is 0. The summed E-state index contributed by atoms with van der Waals surface area (Å²) < 4.78 is 38.8.